The zero-order chi connectivity index (χ0) is 23.4. The molecular formula is C22H18F3N7O. The Kier molecular flexibility index (Phi) is 6.03. The minimum absolute atomic E-state index is 0.0526. The number of carbonyl (C=O) groups is 1. The third kappa shape index (κ3) is 5.50. The van der Waals surface area contributed by atoms with Crippen molar-refractivity contribution in [1.82, 2.24) is 24.7 Å². The lowest BCUT2D eigenvalue weighted by molar-refractivity contribution is -0.115. The van der Waals surface area contributed by atoms with E-state index in [-0.39, 0.29) is 11.5 Å². The van der Waals surface area contributed by atoms with Gasteiger partial charge in [0.15, 0.2) is 0 Å². The highest BCUT2D eigenvalue weighted by atomic mass is 19.4. The summed E-state index contributed by atoms with van der Waals surface area (Å²) in [5, 5.41) is 9.39. The van der Waals surface area contributed by atoms with E-state index in [0.29, 0.717) is 28.3 Å². The topological polar surface area (TPSA) is 97.6 Å². The highest BCUT2D eigenvalue weighted by Crippen LogP contribution is 2.25. The van der Waals surface area contributed by atoms with Crippen molar-refractivity contribution in [3.05, 3.63) is 72.8 Å². The molecular weight excluding hydrogens is 435 g/mol. The van der Waals surface area contributed by atoms with Crippen molar-refractivity contribution in [2.24, 2.45) is 7.05 Å². The van der Waals surface area contributed by atoms with Gasteiger partial charge in [0.2, 0.25) is 0 Å². The van der Waals surface area contributed by atoms with Crippen molar-refractivity contribution in [3.8, 4) is 22.6 Å². The molecule has 8 nitrogen and oxygen atoms in total. The molecule has 0 aliphatic carbocycles. The minimum atomic E-state index is -4.37. The quantitative estimate of drug-likeness (QED) is 0.455. The van der Waals surface area contributed by atoms with E-state index in [1.165, 1.54) is 12.3 Å². The third-order valence-corrected chi connectivity index (χ3v) is 4.49. The van der Waals surface area contributed by atoms with E-state index < -0.39 is 18.6 Å². The molecule has 0 saturated carbocycles. The highest BCUT2D eigenvalue weighted by molar-refractivity contribution is 6.04. The lowest BCUT2D eigenvalue weighted by atomic mass is 10.1. The fraction of sp³-hybridized carbons (Fsp3) is 0.136. The van der Waals surface area contributed by atoms with Crippen LogP contribution >= 0.6 is 0 Å². The summed E-state index contributed by atoms with van der Waals surface area (Å²) >= 11 is 0. The zero-order valence-corrected chi connectivity index (χ0v) is 17.3. The smallest absolute Gasteiger partial charge is 0.361 e. The number of anilines is 2. The van der Waals surface area contributed by atoms with Crippen LogP contribution in [0, 0.1) is 0 Å². The fourth-order valence-corrected chi connectivity index (χ4v) is 3.06. The normalized spacial score (nSPS) is 11.3. The Morgan fingerprint density at radius 2 is 1.85 bits per heavy atom. The molecule has 0 aromatic carbocycles. The van der Waals surface area contributed by atoms with Gasteiger partial charge in [-0.2, -0.15) is 18.3 Å². The molecule has 0 fully saturated rings. The van der Waals surface area contributed by atoms with Crippen LogP contribution < -0.4 is 10.6 Å². The van der Waals surface area contributed by atoms with Crippen molar-refractivity contribution < 1.29 is 18.0 Å². The second-order valence-electron chi connectivity index (χ2n) is 7.04. The predicted octanol–water partition coefficient (Wildman–Crippen LogP) is 4.17. The van der Waals surface area contributed by atoms with Gasteiger partial charge in [0.05, 0.1) is 17.1 Å². The number of aryl methyl sites for hydroxylation is 1. The van der Waals surface area contributed by atoms with Crippen molar-refractivity contribution in [1.29, 1.82) is 0 Å². The number of carbonyl (C=O) groups excluding carboxylic acids is 1. The molecule has 0 aliphatic rings. The van der Waals surface area contributed by atoms with Gasteiger partial charge in [-0.3, -0.25) is 14.5 Å². The van der Waals surface area contributed by atoms with Crippen LogP contribution in [0.3, 0.4) is 0 Å². The average Bonchev–Trinajstić information content (AvgIpc) is 3.18. The summed E-state index contributed by atoms with van der Waals surface area (Å²) in [5.41, 5.74) is 2.64. The molecule has 0 bridgehead atoms. The van der Waals surface area contributed by atoms with Crippen LogP contribution in [-0.4, -0.2) is 43.4 Å². The molecule has 33 heavy (non-hydrogen) atoms. The summed E-state index contributed by atoms with van der Waals surface area (Å²) < 4.78 is 39.0. The van der Waals surface area contributed by atoms with Crippen LogP contribution in [0.4, 0.5) is 24.7 Å². The number of alkyl halides is 3. The van der Waals surface area contributed by atoms with Gasteiger partial charge in [-0.25, -0.2) is 9.97 Å². The number of amides is 1. The lowest BCUT2D eigenvalue weighted by Crippen LogP contribution is -2.21. The first kappa shape index (κ1) is 21.9. The fourth-order valence-electron chi connectivity index (χ4n) is 3.06. The van der Waals surface area contributed by atoms with Crippen molar-refractivity contribution >= 4 is 17.4 Å². The number of nitrogens with zero attached hydrogens (tertiary/aromatic N) is 5. The first-order valence-electron chi connectivity index (χ1n) is 9.79. The second-order valence-corrected chi connectivity index (χ2v) is 7.04. The predicted molar refractivity (Wildman–Crippen MR) is 116 cm³/mol. The Morgan fingerprint density at radius 3 is 2.61 bits per heavy atom. The molecule has 0 unspecified atom stereocenters. The van der Waals surface area contributed by atoms with Crippen molar-refractivity contribution in [3.63, 3.8) is 0 Å². The largest absolute Gasteiger partial charge is 0.405 e. The molecule has 0 atom stereocenters. The Hall–Kier alpha value is -4.28. The Morgan fingerprint density at radius 1 is 1.03 bits per heavy atom. The van der Waals surface area contributed by atoms with Gasteiger partial charge < -0.3 is 10.6 Å². The summed E-state index contributed by atoms with van der Waals surface area (Å²) in [4.78, 5) is 25.4. The SMILES string of the molecule is Cn1cc(NC(=O)c2cccc(-c3ccnc(NCC(F)(F)F)c3)n2)c(-c2ccccn2)n1. The molecule has 0 saturated heterocycles. The van der Waals surface area contributed by atoms with Gasteiger partial charge in [-0.1, -0.05) is 12.1 Å². The summed E-state index contributed by atoms with van der Waals surface area (Å²) in [6.45, 7) is -1.21. The number of nitrogens with one attached hydrogen (secondary N) is 2. The first-order chi connectivity index (χ1) is 15.8. The van der Waals surface area contributed by atoms with E-state index >= 15 is 0 Å². The van der Waals surface area contributed by atoms with Crippen LogP contribution in [0.15, 0.2) is 67.1 Å². The average molecular weight is 453 g/mol. The van der Waals surface area contributed by atoms with E-state index in [4.69, 9.17) is 0 Å². The summed E-state index contributed by atoms with van der Waals surface area (Å²) in [7, 11) is 1.73. The molecule has 4 heterocycles. The molecule has 168 valence electrons. The number of rotatable bonds is 6. The Balaban J connectivity index is 1.55. The van der Waals surface area contributed by atoms with E-state index in [2.05, 4.69) is 30.7 Å². The monoisotopic (exact) mass is 453 g/mol. The number of halogens is 3. The molecule has 11 heteroatoms. The molecule has 4 rings (SSSR count). The van der Waals surface area contributed by atoms with Gasteiger partial charge in [0.1, 0.15) is 23.8 Å². The van der Waals surface area contributed by atoms with Crippen LogP contribution in [-0.2, 0) is 7.05 Å². The molecule has 2 N–H and O–H groups in total. The molecule has 0 spiro atoms. The number of hydrogen-bond donors (Lipinski definition) is 2. The Bertz CT molecular complexity index is 1270. The second kappa shape index (κ2) is 9.07. The van der Waals surface area contributed by atoms with E-state index in [1.807, 2.05) is 6.07 Å². The lowest BCUT2D eigenvalue weighted by Gasteiger charge is -2.10. The first-order valence-corrected chi connectivity index (χ1v) is 9.79. The molecule has 0 radical (unpaired) electrons. The van der Waals surface area contributed by atoms with Crippen LogP contribution in [0.5, 0.6) is 0 Å². The molecule has 4 aromatic heterocycles. The number of aromatic nitrogens is 5. The van der Waals surface area contributed by atoms with Crippen LogP contribution in [0.1, 0.15) is 10.5 Å². The van der Waals surface area contributed by atoms with Crippen molar-refractivity contribution in [2.75, 3.05) is 17.2 Å². The maximum absolute atomic E-state index is 12.9. The minimum Gasteiger partial charge on any atom is -0.361 e. The van der Waals surface area contributed by atoms with Crippen LogP contribution in [0.25, 0.3) is 22.6 Å². The summed E-state index contributed by atoms with van der Waals surface area (Å²) in [5.74, 6) is -0.414. The molecule has 1 amide bonds. The number of pyridine rings is 3. The van der Waals surface area contributed by atoms with E-state index in [1.54, 1.807) is 60.5 Å². The van der Waals surface area contributed by atoms with Gasteiger partial charge in [-0.05, 0) is 36.4 Å². The van der Waals surface area contributed by atoms with E-state index in [0.717, 1.165) is 0 Å². The maximum atomic E-state index is 12.9. The number of hydrogen-bond acceptors (Lipinski definition) is 6. The maximum Gasteiger partial charge on any atom is 0.405 e. The van der Waals surface area contributed by atoms with Crippen LogP contribution in [0.2, 0.25) is 0 Å². The standard InChI is InChI=1S/C22H18F3N7O/c1-32-12-18(20(31-32)16-5-2-3-9-26-16)30-21(33)17-7-4-6-15(29-17)14-8-10-27-19(11-14)28-13-22(23,24)25/h2-12H,13H2,1H3,(H,27,28)(H,30,33). The van der Waals surface area contributed by atoms with Gasteiger partial charge in [0.25, 0.3) is 5.91 Å². The van der Waals surface area contributed by atoms with E-state index in [9.17, 15) is 18.0 Å². The molecule has 4 aromatic rings. The summed E-state index contributed by atoms with van der Waals surface area (Å²) in [6.07, 6.45) is 0.298. The highest BCUT2D eigenvalue weighted by Gasteiger charge is 2.26. The zero-order valence-electron chi connectivity index (χ0n) is 17.3. The van der Waals surface area contributed by atoms with Crippen molar-refractivity contribution in [2.45, 2.75) is 6.18 Å². The van der Waals surface area contributed by atoms with Gasteiger partial charge in [0, 0.05) is 31.2 Å². The Labute approximate surface area is 186 Å². The van der Waals surface area contributed by atoms with Gasteiger partial charge in [-0.15, -0.1) is 0 Å². The third-order valence-electron chi connectivity index (χ3n) is 4.49. The van der Waals surface area contributed by atoms with Gasteiger partial charge >= 0.3 is 6.18 Å². The summed E-state index contributed by atoms with van der Waals surface area (Å²) in [6, 6.07) is 13.3. The molecule has 0 aliphatic heterocycles.